The smallest absolute Gasteiger partial charge is 0.336 e. The Morgan fingerprint density at radius 2 is 1.51 bits per heavy atom. The summed E-state index contributed by atoms with van der Waals surface area (Å²) < 4.78 is 27.6. The number of carbonyl (C=O) groups excluding carboxylic acids is 2. The van der Waals surface area contributed by atoms with Crippen molar-refractivity contribution in [2.24, 2.45) is 0 Å². The van der Waals surface area contributed by atoms with Crippen molar-refractivity contribution in [2.75, 3.05) is 35.5 Å². The highest BCUT2D eigenvalue weighted by atomic mass is 79.9. The van der Waals surface area contributed by atoms with Gasteiger partial charge in [-0.15, -0.1) is 0 Å². The molecular formula is C28H30BrNO7. The van der Waals surface area contributed by atoms with Crippen molar-refractivity contribution in [1.82, 2.24) is 5.32 Å². The summed E-state index contributed by atoms with van der Waals surface area (Å²) in [7, 11) is 7.61. The van der Waals surface area contributed by atoms with Crippen molar-refractivity contribution < 1.29 is 33.3 Å². The van der Waals surface area contributed by atoms with Gasteiger partial charge in [-0.2, -0.15) is 0 Å². The van der Waals surface area contributed by atoms with Crippen LogP contribution in [0.5, 0.6) is 23.0 Å². The molecule has 0 saturated heterocycles. The van der Waals surface area contributed by atoms with Gasteiger partial charge in [0.05, 0.1) is 41.1 Å². The van der Waals surface area contributed by atoms with Crippen LogP contribution in [0.4, 0.5) is 0 Å². The molecule has 2 atom stereocenters. The summed E-state index contributed by atoms with van der Waals surface area (Å²) in [4.78, 5) is 26.8. The van der Waals surface area contributed by atoms with Gasteiger partial charge in [-0.1, -0.05) is 22.0 Å². The van der Waals surface area contributed by atoms with Gasteiger partial charge in [0.25, 0.3) is 0 Å². The number of Topliss-reactive ketones (excluding diaryl/α,β-unsaturated/α-hetero) is 1. The van der Waals surface area contributed by atoms with Crippen LogP contribution in [-0.2, 0) is 14.3 Å². The van der Waals surface area contributed by atoms with Crippen molar-refractivity contribution >= 4 is 27.7 Å². The summed E-state index contributed by atoms with van der Waals surface area (Å²) in [5, 5.41) is 3.35. The Hall–Kier alpha value is -3.46. The second kappa shape index (κ2) is 10.9. The van der Waals surface area contributed by atoms with Gasteiger partial charge in [-0.3, -0.25) is 4.79 Å². The van der Waals surface area contributed by atoms with E-state index in [1.165, 1.54) is 7.11 Å². The van der Waals surface area contributed by atoms with Gasteiger partial charge < -0.3 is 29.0 Å². The number of methoxy groups -OCH3 is 5. The fourth-order valence-corrected chi connectivity index (χ4v) is 5.72. The molecule has 0 amide bonds. The molecule has 0 aromatic heterocycles. The number of hydrogen-bond acceptors (Lipinski definition) is 8. The average molecular weight is 572 g/mol. The second-order valence-electron chi connectivity index (χ2n) is 8.85. The minimum Gasteiger partial charge on any atom is -0.493 e. The summed E-state index contributed by atoms with van der Waals surface area (Å²) in [6, 6.07) is 9.30. The Morgan fingerprint density at radius 1 is 0.892 bits per heavy atom. The highest BCUT2D eigenvalue weighted by Crippen LogP contribution is 2.49. The maximum Gasteiger partial charge on any atom is 0.336 e. The molecule has 0 unspecified atom stereocenters. The molecular weight excluding hydrogens is 542 g/mol. The van der Waals surface area contributed by atoms with Gasteiger partial charge in [0.1, 0.15) is 0 Å². The molecule has 0 radical (unpaired) electrons. The normalized spacial score (nSPS) is 19.2. The van der Waals surface area contributed by atoms with Crippen molar-refractivity contribution in [1.29, 1.82) is 0 Å². The largest absolute Gasteiger partial charge is 0.493 e. The first-order valence-corrected chi connectivity index (χ1v) is 12.5. The van der Waals surface area contributed by atoms with Crippen LogP contribution >= 0.6 is 15.9 Å². The fraction of sp³-hybridized carbons (Fsp3) is 0.357. The average Bonchev–Trinajstić information content (AvgIpc) is 2.91. The van der Waals surface area contributed by atoms with Crippen molar-refractivity contribution in [3.63, 3.8) is 0 Å². The van der Waals surface area contributed by atoms with Crippen LogP contribution in [0.1, 0.15) is 42.7 Å². The van der Waals surface area contributed by atoms with E-state index in [1.807, 2.05) is 25.1 Å². The first-order valence-electron chi connectivity index (χ1n) is 11.7. The highest BCUT2D eigenvalue weighted by molar-refractivity contribution is 9.10. The molecule has 37 heavy (non-hydrogen) atoms. The van der Waals surface area contributed by atoms with Gasteiger partial charge >= 0.3 is 5.97 Å². The van der Waals surface area contributed by atoms with Gasteiger partial charge in [0.15, 0.2) is 28.8 Å². The van der Waals surface area contributed by atoms with Gasteiger partial charge in [0, 0.05) is 33.8 Å². The monoisotopic (exact) mass is 571 g/mol. The third-order valence-corrected chi connectivity index (χ3v) is 7.61. The number of ether oxygens (including phenoxy) is 5. The first kappa shape index (κ1) is 26.6. The zero-order valence-electron chi connectivity index (χ0n) is 21.7. The quantitative estimate of drug-likeness (QED) is 0.463. The molecule has 0 saturated carbocycles. The lowest BCUT2D eigenvalue weighted by molar-refractivity contribution is -0.136. The maximum absolute atomic E-state index is 13.8. The summed E-state index contributed by atoms with van der Waals surface area (Å²) in [6.07, 6.45) is 0.870. The zero-order chi connectivity index (χ0) is 26.9. The number of esters is 1. The molecule has 1 heterocycles. The number of benzene rings is 2. The van der Waals surface area contributed by atoms with Crippen LogP contribution in [0.15, 0.2) is 57.3 Å². The lowest BCUT2D eigenvalue weighted by atomic mass is 9.71. The summed E-state index contributed by atoms with van der Waals surface area (Å²) in [6.45, 7) is 1.82. The van der Waals surface area contributed by atoms with Crippen molar-refractivity contribution in [3.8, 4) is 23.0 Å². The Balaban J connectivity index is 1.84. The predicted octanol–water partition coefficient (Wildman–Crippen LogP) is 5.02. The maximum atomic E-state index is 13.8. The van der Waals surface area contributed by atoms with E-state index in [9.17, 15) is 9.59 Å². The number of dihydropyridines is 1. The van der Waals surface area contributed by atoms with Crippen molar-refractivity contribution in [2.45, 2.75) is 31.6 Å². The van der Waals surface area contributed by atoms with Crippen LogP contribution in [0, 0.1) is 0 Å². The number of halogens is 1. The van der Waals surface area contributed by atoms with Crippen LogP contribution < -0.4 is 24.3 Å². The SMILES string of the molecule is COC(=O)C1=C(C)NC2=C(C(=O)C[C@@H](c3ccc(OC)c(OC)c3)C2)[C@H]1c1cc(OC)c(OC)cc1Br. The van der Waals surface area contributed by atoms with E-state index < -0.39 is 11.9 Å². The summed E-state index contributed by atoms with van der Waals surface area (Å²) >= 11 is 3.63. The molecule has 1 N–H and O–H groups in total. The molecule has 196 valence electrons. The molecule has 2 aromatic carbocycles. The number of rotatable bonds is 7. The zero-order valence-corrected chi connectivity index (χ0v) is 23.3. The fourth-order valence-electron chi connectivity index (χ4n) is 5.16. The lowest BCUT2D eigenvalue weighted by Gasteiger charge is -2.37. The van der Waals surface area contributed by atoms with E-state index in [1.54, 1.807) is 40.6 Å². The Bertz CT molecular complexity index is 1310. The molecule has 0 fully saturated rings. The Labute approximate surface area is 224 Å². The van der Waals surface area contributed by atoms with Crippen LogP contribution in [-0.4, -0.2) is 47.3 Å². The van der Waals surface area contributed by atoms with Crippen LogP contribution in [0.25, 0.3) is 0 Å². The predicted molar refractivity (Wildman–Crippen MR) is 141 cm³/mol. The minimum atomic E-state index is -0.642. The summed E-state index contributed by atoms with van der Waals surface area (Å²) in [5.41, 5.74) is 4.04. The number of hydrogen-bond donors (Lipinski definition) is 1. The standard InChI is InChI=1S/C28H30BrNO7/c1-14-25(28(32)37-6)26(17-12-23(35-4)24(36-5)13-18(17)29)27-19(30-14)9-16(10-20(27)31)15-7-8-21(33-2)22(11-15)34-3/h7-8,11-13,16,26,30H,9-10H2,1-6H3/t16-,26-/m0/s1. The van der Waals surface area contributed by atoms with Crippen molar-refractivity contribution in [3.05, 3.63) is 68.5 Å². The molecule has 0 spiro atoms. The molecule has 2 aromatic rings. The number of nitrogens with one attached hydrogen (secondary N) is 1. The molecule has 2 aliphatic rings. The van der Waals surface area contributed by atoms with E-state index in [0.29, 0.717) is 56.3 Å². The second-order valence-corrected chi connectivity index (χ2v) is 9.71. The lowest BCUT2D eigenvalue weighted by Crippen LogP contribution is -2.36. The van der Waals surface area contributed by atoms with E-state index >= 15 is 0 Å². The van der Waals surface area contributed by atoms with Gasteiger partial charge in [-0.25, -0.2) is 4.79 Å². The third-order valence-electron chi connectivity index (χ3n) is 6.93. The Morgan fingerprint density at radius 3 is 2.14 bits per heavy atom. The van der Waals surface area contributed by atoms with Crippen LogP contribution in [0.3, 0.4) is 0 Å². The van der Waals surface area contributed by atoms with Crippen LogP contribution in [0.2, 0.25) is 0 Å². The minimum absolute atomic E-state index is 0.0471. The van der Waals surface area contributed by atoms with E-state index in [0.717, 1.165) is 11.3 Å². The molecule has 1 aliphatic carbocycles. The number of allylic oxidation sites excluding steroid dienone is 3. The number of ketones is 1. The van der Waals surface area contributed by atoms with Gasteiger partial charge in [-0.05, 0) is 54.7 Å². The molecule has 1 aliphatic heterocycles. The highest BCUT2D eigenvalue weighted by Gasteiger charge is 2.42. The van der Waals surface area contributed by atoms with E-state index in [-0.39, 0.29) is 18.1 Å². The molecule has 8 nitrogen and oxygen atoms in total. The summed E-state index contributed by atoms with van der Waals surface area (Å²) in [5.74, 6) is 1.01. The Kier molecular flexibility index (Phi) is 7.82. The van der Waals surface area contributed by atoms with E-state index in [4.69, 9.17) is 23.7 Å². The topological polar surface area (TPSA) is 92.3 Å². The molecule has 9 heteroatoms. The van der Waals surface area contributed by atoms with Gasteiger partial charge in [0.2, 0.25) is 0 Å². The number of carbonyl (C=O) groups is 2. The van der Waals surface area contributed by atoms with E-state index in [2.05, 4.69) is 21.2 Å². The third kappa shape index (κ3) is 4.80. The molecule has 0 bridgehead atoms. The molecule has 4 rings (SSSR count). The first-order chi connectivity index (χ1) is 17.8.